The molecule has 214 valence electrons. The van der Waals surface area contributed by atoms with Gasteiger partial charge >= 0.3 is 11.9 Å². The van der Waals surface area contributed by atoms with Crippen LogP contribution in [0.3, 0.4) is 0 Å². The SMILES string of the molecule is C=CC(=O)N1CCN(c2nc(=O)n3c4c(c(-c5c(C)ccc6[nH]ncc56)c(C(F)(F)F)cc24)SCC3COC)CC1. The van der Waals surface area contributed by atoms with Gasteiger partial charge in [-0.3, -0.25) is 14.5 Å². The summed E-state index contributed by atoms with van der Waals surface area (Å²) in [5.41, 5.74) is 0.780. The smallest absolute Gasteiger partial charge is 0.383 e. The summed E-state index contributed by atoms with van der Waals surface area (Å²) in [7, 11) is 1.52. The van der Waals surface area contributed by atoms with E-state index in [1.165, 1.54) is 35.7 Å². The second kappa shape index (κ2) is 10.2. The molecule has 6 rings (SSSR count). The molecule has 2 aromatic carbocycles. The average Bonchev–Trinajstić information content (AvgIpc) is 3.43. The minimum absolute atomic E-state index is 0.0297. The van der Waals surface area contributed by atoms with Crippen molar-refractivity contribution in [1.29, 1.82) is 0 Å². The van der Waals surface area contributed by atoms with Crippen LogP contribution in [0.5, 0.6) is 0 Å². The van der Waals surface area contributed by atoms with Crippen LogP contribution in [0, 0.1) is 6.92 Å². The van der Waals surface area contributed by atoms with Gasteiger partial charge in [-0.05, 0) is 36.3 Å². The molecule has 4 heterocycles. The number of fused-ring (bicyclic) bond motifs is 1. The third kappa shape index (κ3) is 4.47. The number of alkyl halides is 3. The molecular formula is C28H27F3N6O3S. The largest absolute Gasteiger partial charge is 0.417 e. The highest BCUT2D eigenvalue weighted by Crippen LogP contribution is 2.51. The second-order valence-electron chi connectivity index (χ2n) is 10.1. The zero-order valence-corrected chi connectivity index (χ0v) is 23.2. The van der Waals surface area contributed by atoms with Gasteiger partial charge in [-0.1, -0.05) is 12.6 Å². The summed E-state index contributed by atoms with van der Waals surface area (Å²) in [6.45, 7) is 6.79. The molecule has 9 nitrogen and oxygen atoms in total. The first kappa shape index (κ1) is 27.3. The van der Waals surface area contributed by atoms with Crippen LogP contribution in [0.25, 0.3) is 32.9 Å². The molecule has 0 bridgehead atoms. The van der Waals surface area contributed by atoms with Crippen molar-refractivity contribution in [2.75, 3.05) is 50.5 Å². The van der Waals surface area contributed by atoms with Gasteiger partial charge in [0, 0.05) is 60.3 Å². The summed E-state index contributed by atoms with van der Waals surface area (Å²) >= 11 is 1.29. The number of thioether (sulfide) groups is 1. The normalized spacial score (nSPS) is 17.4. The van der Waals surface area contributed by atoms with Crippen molar-refractivity contribution in [2.24, 2.45) is 0 Å². The fourth-order valence-electron chi connectivity index (χ4n) is 5.85. The van der Waals surface area contributed by atoms with Crippen LogP contribution in [0.15, 0.2) is 46.7 Å². The Kier molecular flexibility index (Phi) is 6.81. The van der Waals surface area contributed by atoms with Crippen LogP contribution in [0.2, 0.25) is 0 Å². The van der Waals surface area contributed by atoms with Crippen molar-refractivity contribution in [2.45, 2.75) is 24.0 Å². The number of carbonyl (C=O) groups is 1. The van der Waals surface area contributed by atoms with Crippen molar-refractivity contribution in [3.63, 3.8) is 0 Å². The number of aromatic amines is 1. The van der Waals surface area contributed by atoms with E-state index in [0.717, 1.165) is 6.07 Å². The van der Waals surface area contributed by atoms with Gasteiger partial charge in [-0.15, -0.1) is 11.8 Å². The van der Waals surface area contributed by atoms with E-state index in [9.17, 15) is 22.8 Å². The van der Waals surface area contributed by atoms with E-state index < -0.39 is 23.5 Å². The van der Waals surface area contributed by atoms with Gasteiger partial charge in [0.05, 0.1) is 35.4 Å². The molecule has 41 heavy (non-hydrogen) atoms. The number of halogens is 3. The summed E-state index contributed by atoms with van der Waals surface area (Å²) < 4.78 is 51.8. The Bertz CT molecular complexity index is 1760. The zero-order chi connectivity index (χ0) is 29.1. The number of ether oxygens (including phenoxy) is 1. The highest BCUT2D eigenvalue weighted by molar-refractivity contribution is 7.99. The number of H-pyrrole nitrogens is 1. The van der Waals surface area contributed by atoms with Gasteiger partial charge < -0.3 is 14.5 Å². The molecule has 2 aromatic heterocycles. The minimum Gasteiger partial charge on any atom is -0.383 e. The fraction of sp³-hybridized carbons (Fsp3) is 0.357. The number of rotatable bonds is 5. The number of piperazine rings is 1. The van der Waals surface area contributed by atoms with Crippen LogP contribution in [0.4, 0.5) is 19.0 Å². The third-order valence-corrected chi connectivity index (χ3v) is 8.98. The molecule has 1 amide bonds. The number of hydrogen-bond donors (Lipinski definition) is 1. The first-order chi connectivity index (χ1) is 19.6. The third-order valence-electron chi connectivity index (χ3n) is 7.74. The number of aryl methyl sites for hydroxylation is 1. The lowest BCUT2D eigenvalue weighted by molar-refractivity contribution is -0.137. The number of nitrogens with zero attached hydrogens (tertiary/aromatic N) is 5. The summed E-state index contributed by atoms with van der Waals surface area (Å²) in [6, 6.07) is 4.27. The molecule has 1 atom stereocenters. The van der Waals surface area contributed by atoms with E-state index >= 15 is 0 Å². The maximum absolute atomic E-state index is 15.0. The Morgan fingerprint density at radius 1 is 1.22 bits per heavy atom. The predicted molar refractivity (Wildman–Crippen MR) is 151 cm³/mol. The van der Waals surface area contributed by atoms with Crippen molar-refractivity contribution in [1.82, 2.24) is 24.6 Å². The molecule has 1 fully saturated rings. The van der Waals surface area contributed by atoms with E-state index in [1.807, 2.05) is 0 Å². The van der Waals surface area contributed by atoms with Crippen molar-refractivity contribution < 1.29 is 22.7 Å². The molecule has 2 aliphatic heterocycles. The second-order valence-corrected chi connectivity index (χ2v) is 11.2. The molecule has 13 heteroatoms. The maximum atomic E-state index is 15.0. The van der Waals surface area contributed by atoms with E-state index in [1.54, 1.807) is 28.9 Å². The maximum Gasteiger partial charge on any atom is 0.417 e. The van der Waals surface area contributed by atoms with Gasteiger partial charge in [0.1, 0.15) is 5.82 Å². The number of aromatic nitrogens is 4. The van der Waals surface area contributed by atoms with E-state index in [4.69, 9.17) is 4.74 Å². The number of anilines is 1. The van der Waals surface area contributed by atoms with Gasteiger partial charge in [0.15, 0.2) is 0 Å². The number of nitrogens with one attached hydrogen (secondary N) is 1. The molecule has 0 aliphatic carbocycles. The molecule has 0 radical (unpaired) electrons. The van der Waals surface area contributed by atoms with Crippen molar-refractivity contribution in [3.8, 4) is 11.1 Å². The molecule has 1 saturated heterocycles. The first-order valence-electron chi connectivity index (χ1n) is 13.1. The minimum atomic E-state index is -4.70. The topological polar surface area (TPSA) is 96.4 Å². The molecule has 1 N–H and O–H groups in total. The van der Waals surface area contributed by atoms with Crippen LogP contribution in [-0.4, -0.2) is 76.2 Å². The van der Waals surface area contributed by atoms with Crippen LogP contribution in [-0.2, 0) is 15.7 Å². The van der Waals surface area contributed by atoms with E-state index in [-0.39, 0.29) is 29.3 Å². The van der Waals surface area contributed by atoms with Gasteiger partial charge in [0.2, 0.25) is 5.91 Å². The Morgan fingerprint density at radius 2 is 1.98 bits per heavy atom. The highest BCUT2D eigenvalue weighted by atomic mass is 32.2. The Labute approximate surface area is 237 Å². The first-order valence-corrected chi connectivity index (χ1v) is 14.0. The summed E-state index contributed by atoms with van der Waals surface area (Å²) in [5, 5.41) is 7.75. The Balaban J connectivity index is 1.67. The van der Waals surface area contributed by atoms with Crippen LogP contribution < -0.4 is 10.6 Å². The fourth-order valence-corrected chi connectivity index (χ4v) is 7.15. The van der Waals surface area contributed by atoms with Gasteiger partial charge in [0.25, 0.3) is 0 Å². The summed E-state index contributed by atoms with van der Waals surface area (Å²) in [4.78, 5) is 33.9. The lowest BCUT2D eigenvalue weighted by Gasteiger charge is -2.37. The molecule has 2 aliphatic rings. The van der Waals surface area contributed by atoms with Crippen LogP contribution >= 0.6 is 11.8 Å². The van der Waals surface area contributed by atoms with E-state index in [2.05, 4.69) is 21.8 Å². The number of methoxy groups -OCH3 is 1. The number of hydrogen-bond acceptors (Lipinski definition) is 7. The summed E-state index contributed by atoms with van der Waals surface area (Å²) in [5.74, 6) is 0.303. The van der Waals surface area contributed by atoms with Crippen molar-refractivity contribution in [3.05, 3.63) is 58.7 Å². The van der Waals surface area contributed by atoms with Crippen molar-refractivity contribution >= 4 is 45.3 Å². The lowest BCUT2D eigenvalue weighted by Crippen LogP contribution is -2.49. The molecule has 1 unspecified atom stereocenters. The number of amides is 1. The molecule has 4 aromatic rings. The molecular weight excluding hydrogens is 557 g/mol. The predicted octanol–water partition coefficient (Wildman–Crippen LogP) is 4.39. The molecule has 0 spiro atoms. The van der Waals surface area contributed by atoms with E-state index in [0.29, 0.717) is 64.4 Å². The quantitative estimate of drug-likeness (QED) is 0.348. The Hall–Kier alpha value is -3.84. The molecule has 0 saturated carbocycles. The highest BCUT2D eigenvalue weighted by Gasteiger charge is 2.40. The van der Waals surface area contributed by atoms with Gasteiger partial charge in [-0.25, -0.2) is 4.79 Å². The Morgan fingerprint density at radius 3 is 2.66 bits per heavy atom. The standard InChI is InChI=1S/C28H27F3N6O3S/c1-4-21(38)35-7-9-36(10-8-35)26-17-11-19(28(29,30)31)23(22-15(2)5-6-20-18(22)12-32-34-20)25-24(17)37(27(39)33-26)16(13-40-3)14-41-25/h4-6,11-12,16H,1,7-10,13-14H2,2-3H3,(H,32,34). The lowest BCUT2D eigenvalue weighted by atomic mass is 9.91. The summed E-state index contributed by atoms with van der Waals surface area (Å²) in [6.07, 6.45) is -1.93. The average molecular weight is 585 g/mol. The number of carbonyl (C=O) groups excluding carboxylic acids is 1. The van der Waals surface area contributed by atoms with Gasteiger partial charge in [-0.2, -0.15) is 23.3 Å². The van der Waals surface area contributed by atoms with Crippen LogP contribution in [0.1, 0.15) is 17.2 Å². The number of benzene rings is 2. The monoisotopic (exact) mass is 584 g/mol. The zero-order valence-electron chi connectivity index (χ0n) is 22.4.